The van der Waals surface area contributed by atoms with Gasteiger partial charge < -0.3 is 15.5 Å². The number of carbonyl (C=O) groups is 1. The van der Waals surface area contributed by atoms with Crippen molar-refractivity contribution in [2.45, 2.75) is 32.2 Å². The molecule has 1 aromatic carbocycles. The maximum atomic E-state index is 11.9. The zero-order chi connectivity index (χ0) is 15.1. The fourth-order valence-corrected chi connectivity index (χ4v) is 3.08. The molecule has 1 saturated heterocycles. The number of amides is 1. The van der Waals surface area contributed by atoms with Gasteiger partial charge in [0.15, 0.2) is 0 Å². The Kier molecular flexibility index (Phi) is 6.67. The molecule has 1 fully saturated rings. The largest absolute Gasteiger partial charge is 0.325 e. The molecule has 0 aliphatic carbocycles. The molecule has 0 spiro atoms. The van der Waals surface area contributed by atoms with Crippen LogP contribution in [0.1, 0.15) is 26.2 Å². The van der Waals surface area contributed by atoms with E-state index < -0.39 is 0 Å². The number of likely N-dealkylation sites (tertiary alicyclic amines) is 1. The summed E-state index contributed by atoms with van der Waals surface area (Å²) in [6.45, 7) is 6.06. The molecule has 0 aromatic heterocycles. The lowest BCUT2D eigenvalue weighted by Crippen LogP contribution is -2.44. The normalized spacial score (nSPS) is 16.9. The van der Waals surface area contributed by atoms with E-state index in [1.165, 1.54) is 13.0 Å². The molecule has 0 unspecified atom stereocenters. The third kappa shape index (κ3) is 5.77. The van der Waals surface area contributed by atoms with E-state index in [1.54, 1.807) is 0 Å². The third-order valence-corrected chi connectivity index (χ3v) is 4.28. The number of hydrogen-bond acceptors (Lipinski definition) is 3. The quantitative estimate of drug-likeness (QED) is 0.826. The van der Waals surface area contributed by atoms with Gasteiger partial charge in [-0.05, 0) is 57.1 Å². The molecule has 0 saturated carbocycles. The predicted octanol–water partition coefficient (Wildman–Crippen LogP) is 2.85. The first-order valence-electron chi connectivity index (χ1n) is 7.68. The van der Waals surface area contributed by atoms with Gasteiger partial charge in [-0.25, -0.2) is 0 Å². The van der Waals surface area contributed by atoms with Crippen molar-refractivity contribution in [3.05, 3.63) is 28.7 Å². The molecular formula is C16H24BrN3O. The average molecular weight is 354 g/mol. The van der Waals surface area contributed by atoms with E-state index >= 15 is 0 Å². The van der Waals surface area contributed by atoms with Gasteiger partial charge in [-0.3, -0.25) is 4.79 Å². The van der Waals surface area contributed by atoms with Gasteiger partial charge in [0.2, 0.25) is 5.91 Å². The Morgan fingerprint density at radius 2 is 2.14 bits per heavy atom. The van der Waals surface area contributed by atoms with Crippen LogP contribution in [0.15, 0.2) is 28.7 Å². The van der Waals surface area contributed by atoms with Gasteiger partial charge in [-0.2, -0.15) is 0 Å². The van der Waals surface area contributed by atoms with Crippen molar-refractivity contribution in [2.75, 3.05) is 31.5 Å². The number of hydrogen-bond donors (Lipinski definition) is 2. The molecule has 116 valence electrons. The summed E-state index contributed by atoms with van der Waals surface area (Å²) < 4.78 is 0.969. The minimum absolute atomic E-state index is 0.0177. The van der Waals surface area contributed by atoms with Crippen molar-refractivity contribution in [3.63, 3.8) is 0 Å². The van der Waals surface area contributed by atoms with Crippen LogP contribution >= 0.6 is 15.9 Å². The van der Waals surface area contributed by atoms with Gasteiger partial charge in [0.25, 0.3) is 0 Å². The maximum Gasteiger partial charge on any atom is 0.238 e. The van der Waals surface area contributed by atoms with E-state index in [-0.39, 0.29) is 5.91 Å². The molecule has 0 radical (unpaired) electrons. The summed E-state index contributed by atoms with van der Waals surface area (Å²) in [6, 6.07) is 8.12. The topological polar surface area (TPSA) is 44.4 Å². The van der Waals surface area contributed by atoms with Crippen molar-refractivity contribution < 1.29 is 4.79 Å². The first-order chi connectivity index (χ1) is 10.2. The lowest BCUT2D eigenvalue weighted by Gasteiger charge is -2.32. The first kappa shape index (κ1) is 16.5. The standard InChI is InChI=1S/C16H24BrN3O/c1-2-8-20-9-6-14(7-10-20)18-12-16(21)19-15-5-3-4-13(17)11-15/h3-5,11,14,18H,2,6-10,12H2,1H3,(H,19,21). The van der Waals surface area contributed by atoms with Crippen LogP contribution in [0.5, 0.6) is 0 Å². The Morgan fingerprint density at radius 3 is 2.81 bits per heavy atom. The van der Waals surface area contributed by atoms with Crippen molar-refractivity contribution in [3.8, 4) is 0 Å². The van der Waals surface area contributed by atoms with Crippen LogP contribution in [0.4, 0.5) is 5.69 Å². The van der Waals surface area contributed by atoms with Gasteiger partial charge in [0.05, 0.1) is 6.54 Å². The molecule has 0 atom stereocenters. The minimum Gasteiger partial charge on any atom is -0.325 e. The second-order valence-electron chi connectivity index (χ2n) is 5.56. The summed E-state index contributed by atoms with van der Waals surface area (Å²) in [5.74, 6) is 0.0177. The highest BCUT2D eigenvalue weighted by atomic mass is 79.9. The number of benzene rings is 1. The fourth-order valence-electron chi connectivity index (χ4n) is 2.69. The number of nitrogens with zero attached hydrogens (tertiary/aromatic N) is 1. The van der Waals surface area contributed by atoms with Crippen LogP contribution < -0.4 is 10.6 Å². The van der Waals surface area contributed by atoms with E-state index in [9.17, 15) is 4.79 Å². The first-order valence-corrected chi connectivity index (χ1v) is 8.48. The molecule has 4 nitrogen and oxygen atoms in total. The van der Waals surface area contributed by atoms with Gasteiger partial charge in [-0.1, -0.05) is 28.9 Å². The highest BCUT2D eigenvalue weighted by Gasteiger charge is 2.18. The molecule has 2 N–H and O–H groups in total. The summed E-state index contributed by atoms with van der Waals surface area (Å²) in [4.78, 5) is 14.4. The van der Waals surface area contributed by atoms with E-state index in [4.69, 9.17) is 0 Å². The number of rotatable bonds is 6. The van der Waals surface area contributed by atoms with Crippen molar-refractivity contribution in [1.29, 1.82) is 0 Å². The van der Waals surface area contributed by atoms with E-state index in [2.05, 4.69) is 38.4 Å². The van der Waals surface area contributed by atoms with Gasteiger partial charge >= 0.3 is 0 Å². The molecule has 1 amide bonds. The maximum absolute atomic E-state index is 11.9. The monoisotopic (exact) mass is 353 g/mol. The Labute approximate surface area is 135 Å². The minimum atomic E-state index is 0.0177. The molecule has 1 aliphatic rings. The van der Waals surface area contributed by atoms with E-state index in [0.29, 0.717) is 12.6 Å². The summed E-state index contributed by atoms with van der Waals surface area (Å²) >= 11 is 3.40. The average Bonchev–Trinajstić information content (AvgIpc) is 2.47. The molecule has 0 bridgehead atoms. The smallest absolute Gasteiger partial charge is 0.238 e. The SMILES string of the molecule is CCCN1CCC(NCC(=O)Nc2cccc(Br)c2)CC1. The number of nitrogens with one attached hydrogen (secondary N) is 2. The van der Waals surface area contributed by atoms with Gasteiger partial charge in [0, 0.05) is 16.2 Å². The molecule has 1 aromatic rings. The number of halogens is 1. The van der Waals surface area contributed by atoms with Crippen LogP contribution in [0.3, 0.4) is 0 Å². The molecule has 2 rings (SSSR count). The Bertz CT molecular complexity index is 459. The second-order valence-corrected chi connectivity index (χ2v) is 6.47. The van der Waals surface area contributed by atoms with Crippen LogP contribution in [-0.2, 0) is 4.79 Å². The summed E-state index contributed by atoms with van der Waals surface area (Å²) in [6.07, 6.45) is 3.47. The lowest BCUT2D eigenvalue weighted by atomic mass is 10.0. The summed E-state index contributed by atoms with van der Waals surface area (Å²) in [7, 11) is 0. The molecule has 1 aliphatic heterocycles. The molecule has 21 heavy (non-hydrogen) atoms. The highest BCUT2D eigenvalue weighted by Crippen LogP contribution is 2.15. The van der Waals surface area contributed by atoms with Crippen LogP contribution in [0.25, 0.3) is 0 Å². The van der Waals surface area contributed by atoms with Crippen LogP contribution in [-0.4, -0.2) is 43.0 Å². The zero-order valence-electron chi connectivity index (χ0n) is 12.6. The van der Waals surface area contributed by atoms with Crippen LogP contribution in [0.2, 0.25) is 0 Å². The van der Waals surface area contributed by atoms with E-state index in [1.807, 2.05) is 24.3 Å². The highest BCUT2D eigenvalue weighted by molar-refractivity contribution is 9.10. The Morgan fingerprint density at radius 1 is 1.38 bits per heavy atom. The second kappa shape index (κ2) is 8.51. The van der Waals surface area contributed by atoms with E-state index in [0.717, 1.165) is 36.1 Å². The molecular weight excluding hydrogens is 330 g/mol. The number of piperidine rings is 1. The Balaban J connectivity index is 1.68. The van der Waals surface area contributed by atoms with Crippen LogP contribution in [0, 0.1) is 0 Å². The summed E-state index contributed by atoms with van der Waals surface area (Å²) in [5.41, 5.74) is 0.828. The van der Waals surface area contributed by atoms with Gasteiger partial charge in [-0.15, -0.1) is 0 Å². The lowest BCUT2D eigenvalue weighted by molar-refractivity contribution is -0.115. The number of carbonyl (C=O) groups excluding carboxylic acids is 1. The van der Waals surface area contributed by atoms with Gasteiger partial charge in [0.1, 0.15) is 0 Å². The fraction of sp³-hybridized carbons (Fsp3) is 0.562. The Hall–Kier alpha value is -0.910. The predicted molar refractivity (Wildman–Crippen MR) is 90.5 cm³/mol. The number of anilines is 1. The van der Waals surface area contributed by atoms with Crippen molar-refractivity contribution >= 4 is 27.5 Å². The van der Waals surface area contributed by atoms with Crippen molar-refractivity contribution in [2.24, 2.45) is 0 Å². The molecule has 1 heterocycles. The third-order valence-electron chi connectivity index (χ3n) is 3.79. The summed E-state index contributed by atoms with van der Waals surface area (Å²) in [5, 5.41) is 6.28. The van der Waals surface area contributed by atoms with Crippen molar-refractivity contribution in [1.82, 2.24) is 10.2 Å². The zero-order valence-corrected chi connectivity index (χ0v) is 14.2. The molecule has 5 heteroatoms.